The van der Waals surface area contributed by atoms with E-state index in [1.807, 2.05) is 0 Å². The van der Waals surface area contributed by atoms with Crippen molar-refractivity contribution < 1.29 is 62.2 Å². The Labute approximate surface area is 196 Å². The predicted octanol–water partition coefficient (Wildman–Crippen LogP) is -2.25. The van der Waals surface area contributed by atoms with Crippen LogP contribution in [0.15, 0.2) is 12.7 Å². The lowest BCUT2D eigenvalue weighted by atomic mass is 10.1. The van der Waals surface area contributed by atoms with Crippen LogP contribution in [-0.2, 0) is 32.0 Å². The summed E-state index contributed by atoms with van der Waals surface area (Å²) in [6, 6.07) is 0. The first-order valence-corrected chi connectivity index (χ1v) is 13.0. The van der Waals surface area contributed by atoms with Crippen molar-refractivity contribution in [1.82, 2.24) is 19.5 Å². The number of hydrogen-bond donors (Lipinski definition) is 7. The minimum atomic E-state index is -5.23. The Hall–Kier alpha value is -1.63. The van der Waals surface area contributed by atoms with Gasteiger partial charge in [0.15, 0.2) is 17.8 Å². The van der Waals surface area contributed by atoms with Crippen molar-refractivity contribution in [2.24, 2.45) is 0 Å². The van der Waals surface area contributed by atoms with Gasteiger partial charge < -0.3 is 45.4 Å². The second-order valence-corrected chi connectivity index (χ2v) is 10.7. The van der Waals surface area contributed by atoms with Crippen LogP contribution in [0.3, 0.4) is 0 Å². The number of rotatable bonds is 9. The molecule has 0 amide bonds. The molecule has 9 atom stereocenters. The van der Waals surface area contributed by atoms with Gasteiger partial charge in [0.05, 0.1) is 25.6 Å². The molecule has 35 heavy (non-hydrogen) atoms. The minimum Gasteiger partial charge on any atom is -0.390 e. The summed E-state index contributed by atoms with van der Waals surface area (Å²) >= 11 is 0. The third kappa shape index (κ3) is 5.86. The highest BCUT2D eigenvalue weighted by Gasteiger charge is 2.45. The number of aliphatic hydroxyl groups is 4. The molecule has 18 nitrogen and oxygen atoms in total. The van der Waals surface area contributed by atoms with E-state index in [0.29, 0.717) is 11.2 Å². The number of nitrogens with two attached hydrogens (primary N) is 1. The van der Waals surface area contributed by atoms with Crippen molar-refractivity contribution in [1.29, 1.82) is 0 Å². The third-order valence-corrected chi connectivity index (χ3v) is 7.85. The molecule has 0 aromatic carbocycles. The maximum atomic E-state index is 12.1. The molecule has 4 heterocycles. The lowest BCUT2D eigenvalue weighted by Gasteiger charge is -2.20. The second kappa shape index (κ2) is 10.0. The zero-order valence-electron chi connectivity index (χ0n) is 17.6. The molecule has 2 fully saturated rings. The van der Waals surface area contributed by atoms with Gasteiger partial charge in [-0.15, -0.1) is 0 Å². The topological polar surface area (TPSA) is 271 Å². The molecule has 0 spiro atoms. The largest absolute Gasteiger partial charge is 0.481 e. The summed E-state index contributed by atoms with van der Waals surface area (Å²) < 4.78 is 49.3. The molecule has 2 aromatic rings. The van der Waals surface area contributed by atoms with E-state index < -0.39 is 71.9 Å². The number of imidazole rings is 1. The smallest absolute Gasteiger partial charge is 0.390 e. The summed E-state index contributed by atoms with van der Waals surface area (Å²) in [4.78, 5) is 31.5. The number of aromatic nitrogens is 4. The highest BCUT2D eigenvalue weighted by atomic mass is 31.3. The first-order chi connectivity index (χ1) is 16.4. The van der Waals surface area contributed by atoms with Crippen molar-refractivity contribution in [3.8, 4) is 0 Å². The molecule has 3 unspecified atom stereocenters. The van der Waals surface area contributed by atoms with Gasteiger partial charge in [-0.1, -0.05) is 0 Å². The SMILES string of the molecule is Nc1ncnc2c1ncn2[C@H]1C[C@H](O)[C@@H](COP(=O)(O)OP(=O)(O)OC[C@H]2OC(O)[C@H](O)[C@@H]2O)O1. The first-order valence-electron chi connectivity index (χ1n) is 9.99. The van der Waals surface area contributed by atoms with Crippen molar-refractivity contribution in [3.05, 3.63) is 12.7 Å². The summed E-state index contributed by atoms with van der Waals surface area (Å²) in [7, 11) is -10.4. The Morgan fingerprint density at radius 3 is 2.29 bits per heavy atom. The summed E-state index contributed by atoms with van der Waals surface area (Å²) in [5.41, 5.74) is 6.39. The normalized spacial score (nSPS) is 34.7. The Morgan fingerprint density at radius 2 is 1.66 bits per heavy atom. The molecule has 2 aliphatic heterocycles. The fourth-order valence-electron chi connectivity index (χ4n) is 3.50. The van der Waals surface area contributed by atoms with Crippen LogP contribution >= 0.6 is 15.6 Å². The van der Waals surface area contributed by atoms with Gasteiger partial charge in [0.2, 0.25) is 0 Å². The van der Waals surface area contributed by atoms with Gasteiger partial charge in [-0.3, -0.25) is 13.6 Å². The molecule has 0 bridgehead atoms. The fraction of sp³-hybridized carbons (Fsp3) is 0.667. The van der Waals surface area contributed by atoms with Gasteiger partial charge in [-0.25, -0.2) is 24.1 Å². The van der Waals surface area contributed by atoms with Crippen LogP contribution in [0.5, 0.6) is 0 Å². The van der Waals surface area contributed by atoms with Crippen molar-refractivity contribution >= 4 is 32.6 Å². The number of hydrogen-bond acceptors (Lipinski definition) is 15. The molecule has 20 heteroatoms. The average molecular weight is 543 g/mol. The Bertz CT molecular complexity index is 1150. The number of nitrogens with zero attached hydrogens (tertiary/aromatic N) is 4. The molecule has 0 radical (unpaired) electrons. The standard InChI is InChI=1S/C15H23N5O13P2/c16-13-10-14(18-4-17-13)20(5-19-10)9-1-6(21)7(31-9)2-29-34(25,26)33-35(27,28)30-3-8-11(22)12(23)15(24)32-8/h4-9,11-12,15,21-24H,1-3H2,(H,25,26)(H,27,28)(H2,16,17,18)/t6-,7+,8+,9+,11+,12+,15?/m0/s1. The first kappa shape index (κ1) is 26.4. The molecule has 0 aliphatic carbocycles. The molecular weight excluding hydrogens is 520 g/mol. The van der Waals surface area contributed by atoms with Crippen molar-refractivity contribution in [2.75, 3.05) is 18.9 Å². The molecule has 4 rings (SSSR count). The van der Waals surface area contributed by atoms with Gasteiger partial charge in [0.1, 0.15) is 42.5 Å². The van der Waals surface area contributed by atoms with E-state index in [2.05, 4.69) is 28.3 Å². The molecule has 0 saturated carbocycles. The van der Waals surface area contributed by atoms with E-state index in [1.54, 1.807) is 0 Å². The van der Waals surface area contributed by atoms with E-state index in [4.69, 9.17) is 15.2 Å². The quantitative estimate of drug-likeness (QED) is 0.164. The minimum absolute atomic E-state index is 0.0308. The van der Waals surface area contributed by atoms with E-state index in [9.17, 15) is 39.3 Å². The molecule has 196 valence electrons. The van der Waals surface area contributed by atoms with Crippen LogP contribution in [0.25, 0.3) is 11.2 Å². The summed E-state index contributed by atoms with van der Waals surface area (Å²) in [5, 5.41) is 38.6. The number of ether oxygens (including phenoxy) is 2. The lowest BCUT2D eigenvalue weighted by molar-refractivity contribution is -0.132. The van der Waals surface area contributed by atoms with Crippen molar-refractivity contribution in [2.45, 2.75) is 49.5 Å². The number of nitrogen functional groups attached to an aromatic ring is 1. The zero-order chi connectivity index (χ0) is 25.5. The summed E-state index contributed by atoms with van der Waals surface area (Å²) in [5.74, 6) is 0.141. The van der Waals surface area contributed by atoms with E-state index in [0.717, 1.165) is 0 Å². The second-order valence-electron chi connectivity index (χ2n) is 7.67. The van der Waals surface area contributed by atoms with Crippen LogP contribution < -0.4 is 5.73 Å². The van der Waals surface area contributed by atoms with Gasteiger partial charge in [0.25, 0.3) is 0 Å². The Morgan fingerprint density at radius 1 is 1.00 bits per heavy atom. The third-order valence-electron chi connectivity index (χ3n) is 5.25. The van der Waals surface area contributed by atoms with Gasteiger partial charge >= 0.3 is 15.6 Å². The van der Waals surface area contributed by atoms with Crippen LogP contribution in [0.2, 0.25) is 0 Å². The maximum Gasteiger partial charge on any atom is 0.481 e. The highest BCUT2D eigenvalue weighted by Crippen LogP contribution is 2.60. The number of aliphatic hydroxyl groups excluding tert-OH is 4. The predicted molar refractivity (Wildman–Crippen MR) is 110 cm³/mol. The zero-order valence-corrected chi connectivity index (χ0v) is 19.4. The molecule has 2 aromatic heterocycles. The molecular formula is C15H23N5O13P2. The maximum absolute atomic E-state index is 12.1. The fourth-order valence-corrected chi connectivity index (χ4v) is 5.59. The summed E-state index contributed by atoms with van der Waals surface area (Å²) in [6.45, 7) is -1.58. The van der Waals surface area contributed by atoms with E-state index >= 15 is 0 Å². The molecule has 2 aliphatic rings. The van der Waals surface area contributed by atoms with Crippen LogP contribution in [0.1, 0.15) is 12.6 Å². The Balaban J connectivity index is 1.30. The summed E-state index contributed by atoms with van der Waals surface area (Å²) in [6.07, 6.45) is -6.95. The van der Waals surface area contributed by atoms with E-state index in [-0.39, 0.29) is 12.2 Å². The van der Waals surface area contributed by atoms with Crippen LogP contribution in [0, 0.1) is 0 Å². The van der Waals surface area contributed by atoms with Gasteiger partial charge in [-0.05, 0) is 0 Å². The number of fused-ring (bicyclic) bond motifs is 1. The Kier molecular flexibility index (Phi) is 7.57. The monoisotopic (exact) mass is 543 g/mol. The molecule has 8 N–H and O–H groups in total. The van der Waals surface area contributed by atoms with Crippen molar-refractivity contribution in [3.63, 3.8) is 0 Å². The van der Waals surface area contributed by atoms with E-state index in [1.165, 1.54) is 17.2 Å². The number of anilines is 1. The van der Waals surface area contributed by atoms with Gasteiger partial charge in [0, 0.05) is 6.42 Å². The van der Waals surface area contributed by atoms with Crippen LogP contribution in [0.4, 0.5) is 5.82 Å². The lowest BCUT2D eigenvalue weighted by Crippen LogP contribution is -2.34. The average Bonchev–Trinajstić information content (AvgIpc) is 3.43. The van der Waals surface area contributed by atoms with Gasteiger partial charge in [-0.2, -0.15) is 4.31 Å². The number of phosphoric ester groups is 2. The van der Waals surface area contributed by atoms with Crippen LogP contribution in [-0.4, -0.2) is 99.8 Å². The number of phosphoric acid groups is 2. The molecule has 2 saturated heterocycles. The highest BCUT2D eigenvalue weighted by molar-refractivity contribution is 7.61.